The molecule has 0 aromatic heterocycles. The first-order valence-electron chi connectivity index (χ1n) is 7.03. The van der Waals surface area contributed by atoms with Gasteiger partial charge in [0.2, 0.25) is 10.0 Å². The van der Waals surface area contributed by atoms with E-state index in [1.165, 1.54) is 12.1 Å². The van der Waals surface area contributed by atoms with Gasteiger partial charge in [-0.15, -0.1) is 0 Å². The molecule has 1 aromatic rings. The van der Waals surface area contributed by atoms with E-state index in [1.54, 1.807) is 12.1 Å². The summed E-state index contributed by atoms with van der Waals surface area (Å²) in [6.45, 7) is 7.09. The molecule has 1 aliphatic heterocycles. The van der Waals surface area contributed by atoms with Gasteiger partial charge in [-0.25, -0.2) is 23.2 Å². The number of nitriles is 1. The third-order valence-electron chi connectivity index (χ3n) is 3.61. The highest BCUT2D eigenvalue weighted by atomic mass is 32.2. The van der Waals surface area contributed by atoms with Crippen molar-refractivity contribution in [2.24, 2.45) is 0 Å². The standard InChI is InChI=1S/C14H20N4O2S/c1-3-17-10-13(11-18(17)4-2)16-21(19,20)14-8-6-5-7-12(14)9-15/h5-8,13,16H,3-4,10-11H2,1-2H3. The van der Waals surface area contributed by atoms with Crippen molar-refractivity contribution in [3.63, 3.8) is 0 Å². The molecule has 0 amide bonds. The van der Waals surface area contributed by atoms with Gasteiger partial charge in [0, 0.05) is 26.2 Å². The fourth-order valence-electron chi connectivity index (χ4n) is 2.61. The van der Waals surface area contributed by atoms with Crippen LogP contribution in [0.2, 0.25) is 0 Å². The Morgan fingerprint density at radius 1 is 1.24 bits per heavy atom. The molecule has 0 radical (unpaired) electrons. The summed E-state index contributed by atoms with van der Waals surface area (Å²) in [6, 6.07) is 8.02. The molecule has 6 nitrogen and oxygen atoms in total. The number of rotatable bonds is 5. The first-order valence-corrected chi connectivity index (χ1v) is 8.51. The van der Waals surface area contributed by atoms with Gasteiger partial charge in [-0.1, -0.05) is 26.0 Å². The minimum atomic E-state index is -3.68. The summed E-state index contributed by atoms with van der Waals surface area (Å²) >= 11 is 0. The third kappa shape index (κ3) is 3.41. The van der Waals surface area contributed by atoms with Crippen LogP contribution in [-0.4, -0.2) is 50.7 Å². The molecule has 7 heteroatoms. The van der Waals surface area contributed by atoms with Crippen molar-refractivity contribution in [1.82, 2.24) is 14.7 Å². The minimum Gasteiger partial charge on any atom is -0.240 e. The van der Waals surface area contributed by atoms with Crippen LogP contribution in [0.15, 0.2) is 29.2 Å². The van der Waals surface area contributed by atoms with Crippen LogP contribution in [0.5, 0.6) is 0 Å². The van der Waals surface area contributed by atoms with Gasteiger partial charge in [0.15, 0.2) is 0 Å². The average Bonchev–Trinajstić information content (AvgIpc) is 2.88. The second kappa shape index (κ2) is 6.54. The van der Waals surface area contributed by atoms with Crippen molar-refractivity contribution < 1.29 is 8.42 Å². The van der Waals surface area contributed by atoms with Crippen molar-refractivity contribution in [3.8, 4) is 6.07 Å². The van der Waals surface area contributed by atoms with Gasteiger partial charge in [0.05, 0.1) is 16.5 Å². The lowest BCUT2D eigenvalue weighted by Gasteiger charge is -2.24. The number of nitrogens with zero attached hydrogens (tertiary/aromatic N) is 3. The number of likely N-dealkylation sites (N-methyl/N-ethyl adjacent to an activating group) is 2. The number of hydrazine groups is 1. The van der Waals surface area contributed by atoms with E-state index in [1.807, 2.05) is 19.9 Å². The number of benzene rings is 1. The van der Waals surface area contributed by atoms with Crippen molar-refractivity contribution in [3.05, 3.63) is 29.8 Å². The highest BCUT2D eigenvalue weighted by Gasteiger charge is 2.31. The van der Waals surface area contributed by atoms with Crippen molar-refractivity contribution >= 4 is 10.0 Å². The molecule has 1 saturated heterocycles. The van der Waals surface area contributed by atoms with E-state index >= 15 is 0 Å². The summed E-state index contributed by atoms with van der Waals surface area (Å²) in [5.41, 5.74) is 0.169. The number of hydrogen-bond donors (Lipinski definition) is 1. The third-order valence-corrected chi connectivity index (χ3v) is 5.19. The minimum absolute atomic E-state index is 0.0468. The van der Waals surface area contributed by atoms with Gasteiger partial charge in [0.1, 0.15) is 6.07 Å². The molecule has 21 heavy (non-hydrogen) atoms. The molecule has 2 rings (SSSR count). The second-order valence-electron chi connectivity index (χ2n) is 4.94. The number of sulfonamides is 1. The molecule has 0 aliphatic carbocycles. The maximum absolute atomic E-state index is 12.5. The zero-order chi connectivity index (χ0) is 15.5. The molecule has 0 saturated carbocycles. The molecule has 0 unspecified atom stereocenters. The van der Waals surface area contributed by atoms with Gasteiger partial charge >= 0.3 is 0 Å². The second-order valence-corrected chi connectivity index (χ2v) is 6.62. The summed E-state index contributed by atoms with van der Waals surface area (Å²) in [4.78, 5) is 0.0468. The fourth-order valence-corrected chi connectivity index (χ4v) is 3.98. The summed E-state index contributed by atoms with van der Waals surface area (Å²) in [5.74, 6) is 0. The first-order chi connectivity index (χ1) is 10.0. The quantitative estimate of drug-likeness (QED) is 0.870. The SMILES string of the molecule is CCN1CC(NS(=O)(=O)c2ccccc2C#N)CN1CC. The molecule has 1 N–H and O–H groups in total. The predicted molar refractivity (Wildman–Crippen MR) is 79.8 cm³/mol. The maximum Gasteiger partial charge on any atom is 0.242 e. The predicted octanol–water partition coefficient (Wildman–Crippen LogP) is 0.778. The van der Waals surface area contributed by atoms with Crippen molar-refractivity contribution in [1.29, 1.82) is 5.26 Å². The Kier molecular flexibility index (Phi) is 4.96. The summed E-state index contributed by atoms with van der Waals surface area (Å²) < 4.78 is 27.6. The van der Waals surface area contributed by atoms with Crippen LogP contribution >= 0.6 is 0 Å². The van der Waals surface area contributed by atoms with E-state index in [9.17, 15) is 8.42 Å². The van der Waals surface area contributed by atoms with Gasteiger partial charge in [-0.05, 0) is 12.1 Å². The molecule has 114 valence electrons. The molecule has 1 aromatic carbocycles. The molecule has 1 fully saturated rings. The van der Waals surface area contributed by atoms with E-state index in [0.717, 1.165) is 13.1 Å². The Bertz CT molecular complexity index is 627. The Morgan fingerprint density at radius 3 is 2.33 bits per heavy atom. The largest absolute Gasteiger partial charge is 0.242 e. The zero-order valence-corrected chi connectivity index (χ0v) is 13.1. The van der Waals surface area contributed by atoms with E-state index in [4.69, 9.17) is 5.26 Å². The smallest absolute Gasteiger partial charge is 0.240 e. The van der Waals surface area contributed by atoms with Crippen LogP contribution in [0.25, 0.3) is 0 Å². The van der Waals surface area contributed by atoms with Crippen LogP contribution in [-0.2, 0) is 10.0 Å². The van der Waals surface area contributed by atoms with Crippen LogP contribution in [0.3, 0.4) is 0 Å². The lowest BCUT2D eigenvalue weighted by atomic mass is 10.2. The topological polar surface area (TPSA) is 76.4 Å². The number of nitrogens with one attached hydrogen (secondary N) is 1. The highest BCUT2D eigenvalue weighted by Crippen LogP contribution is 2.17. The van der Waals surface area contributed by atoms with E-state index in [2.05, 4.69) is 14.7 Å². The maximum atomic E-state index is 12.5. The van der Waals surface area contributed by atoms with Crippen LogP contribution in [0.4, 0.5) is 0 Å². The van der Waals surface area contributed by atoms with E-state index in [-0.39, 0.29) is 16.5 Å². The van der Waals surface area contributed by atoms with Gasteiger partial charge in [-0.3, -0.25) is 0 Å². The van der Waals surface area contributed by atoms with Crippen molar-refractivity contribution in [2.75, 3.05) is 26.2 Å². The summed E-state index contributed by atoms with van der Waals surface area (Å²) in [7, 11) is -3.68. The lowest BCUT2D eigenvalue weighted by Crippen LogP contribution is -2.38. The summed E-state index contributed by atoms with van der Waals surface area (Å²) in [6.07, 6.45) is 0. The Labute approximate surface area is 126 Å². The van der Waals surface area contributed by atoms with Gasteiger partial charge in [-0.2, -0.15) is 5.26 Å². The molecular formula is C14H20N4O2S. The van der Waals surface area contributed by atoms with E-state index < -0.39 is 10.0 Å². The fraction of sp³-hybridized carbons (Fsp3) is 0.500. The zero-order valence-electron chi connectivity index (χ0n) is 12.3. The Hall–Kier alpha value is -1.46. The molecule has 1 heterocycles. The Morgan fingerprint density at radius 2 is 1.81 bits per heavy atom. The van der Waals surface area contributed by atoms with Crippen LogP contribution in [0, 0.1) is 11.3 Å². The molecule has 1 aliphatic rings. The van der Waals surface area contributed by atoms with Crippen LogP contribution in [0.1, 0.15) is 19.4 Å². The van der Waals surface area contributed by atoms with Crippen LogP contribution < -0.4 is 4.72 Å². The van der Waals surface area contributed by atoms with Gasteiger partial charge < -0.3 is 0 Å². The highest BCUT2D eigenvalue weighted by molar-refractivity contribution is 7.89. The van der Waals surface area contributed by atoms with E-state index in [0.29, 0.717) is 13.1 Å². The first kappa shape index (κ1) is 15.9. The van der Waals surface area contributed by atoms with Crippen molar-refractivity contribution in [2.45, 2.75) is 24.8 Å². The lowest BCUT2D eigenvalue weighted by molar-refractivity contribution is 0.0388. The normalized spacial score (nSPS) is 18.0. The monoisotopic (exact) mass is 308 g/mol. The Balaban J connectivity index is 2.18. The number of hydrogen-bond acceptors (Lipinski definition) is 5. The van der Waals surface area contributed by atoms with Gasteiger partial charge in [0.25, 0.3) is 0 Å². The molecule has 0 atom stereocenters. The summed E-state index contributed by atoms with van der Waals surface area (Å²) in [5, 5.41) is 13.3. The molecule has 0 bridgehead atoms. The average molecular weight is 308 g/mol. The molecule has 0 spiro atoms. The molecular weight excluding hydrogens is 288 g/mol.